The Labute approximate surface area is 180 Å². The Bertz CT molecular complexity index is 960. The average molecular weight is 425 g/mol. The highest BCUT2D eigenvalue weighted by atomic mass is 16.5. The maximum Gasteiger partial charge on any atom is 0.244 e. The normalized spacial score (nSPS) is 17.9. The van der Waals surface area contributed by atoms with Crippen molar-refractivity contribution in [2.24, 2.45) is 0 Å². The van der Waals surface area contributed by atoms with Gasteiger partial charge in [-0.2, -0.15) is 0 Å². The molecule has 3 amide bonds. The second-order valence-corrected chi connectivity index (χ2v) is 7.64. The van der Waals surface area contributed by atoms with Crippen LogP contribution in [-0.2, 0) is 32.6 Å². The number of methoxy groups -OCH3 is 1. The molecule has 0 fully saturated rings. The molecular formula is C23H27N3O5. The van der Waals surface area contributed by atoms with Crippen molar-refractivity contribution in [1.82, 2.24) is 16.1 Å². The molecule has 0 bridgehead atoms. The van der Waals surface area contributed by atoms with E-state index in [1.165, 1.54) is 7.05 Å². The van der Waals surface area contributed by atoms with E-state index in [2.05, 4.69) is 10.6 Å². The highest BCUT2D eigenvalue weighted by Gasteiger charge is 2.47. The van der Waals surface area contributed by atoms with E-state index in [0.29, 0.717) is 18.6 Å². The van der Waals surface area contributed by atoms with Crippen LogP contribution in [-0.4, -0.2) is 43.1 Å². The lowest BCUT2D eigenvalue weighted by Crippen LogP contribution is -2.54. The summed E-state index contributed by atoms with van der Waals surface area (Å²) in [7, 11) is 3.08. The van der Waals surface area contributed by atoms with Crippen LogP contribution >= 0.6 is 0 Å². The third kappa shape index (κ3) is 4.69. The van der Waals surface area contributed by atoms with Crippen LogP contribution in [0.15, 0.2) is 48.5 Å². The van der Waals surface area contributed by atoms with Crippen LogP contribution in [0.1, 0.15) is 29.5 Å². The van der Waals surface area contributed by atoms with Gasteiger partial charge in [0.15, 0.2) is 0 Å². The van der Waals surface area contributed by atoms with Gasteiger partial charge >= 0.3 is 0 Å². The lowest BCUT2D eigenvalue weighted by molar-refractivity contribution is -0.137. The van der Waals surface area contributed by atoms with Gasteiger partial charge in [-0.05, 0) is 41.7 Å². The van der Waals surface area contributed by atoms with Gasteiger partial charge in [0.25, 0.3) is 0 Å². The van der Waals surface area contributed by atoms with Crippen LogP contribution in [0.2, 0.25) is 0 Å². The summed E-state index contributed by atoms with van der Waals surface area (Å²) in [5, 5.41) is 14.5. The third-order valence-corrected chi connectivity index (χ3v) is 5.84. The summed E-state index contributed by atoms with van der Waals surface area (Å²) in [4.78, 5) is 38.2. The molecule has 1 aliphatic carbocycles. The molecule has 1 aliphatic rings. The van der Waals surface area contributed by atoms with Crippen molar-refractivity contribution in [3.63, 3.8) is 0 Å². The number of hydrogen-bond donors (Lipinski definition) is 4. The topological polar surface area (TPSA) is 117 Å². The molecule has 2 atom stereocenters. The second kappa shape index (κ2) is 9.61. The van der Waals surface area contributed by atoms with Crippen molar-refractivity contribution < 1.29 is 24.3 Å². The SMILES string of the molecule is CNC(=O)[C@H](Cc1ccc(OC)cc1)NC(=O)[C@@]1(CC(=O)NO)CCc2ccccc21. The smallest absolute Gasteiger partial charge is 0.244 e. The predicted molar refractivity (Wildman–Crippen MR) is 114 cm³/mol. The van der Waals surface area contributed by atoms with E-state index in [1.54, 1.807) is 24.7 Å². The maximum absolute atomic E-state index is 13.5. The van der Waals surface area contributed by atoms with E-state index in [4.69, 9.17) is 9.94 Å². The summed E-state index contributed by atoms with van der Waals surface area (Å²) in [6.45, 7) is 0. The standard InChI is InChI=1S/C23H27N3O5/c1-24-21(28)19(13-15-7-9-17(31-2)10-8-15)25-22(29)23(14-20(27)26-30)12-11-16-5-3-4-6-18(16)23/h3-10,19,30H,11-14H2,1-2H3,(H,24,28)(H,25,29)(H,26,27)/t19-,23+/m0/s1. The lowest BCUT2D eigenvalue weighted by atomic mass is 9.77. The van der Waals surface area contributed by atoms with Gasteiger partial charge in [-0.3, -0.25) is 19.6 Å². The molecule has 4 N–H and O–H groups in total. The highest BCUT2D eigenvalue weighted by molar-refractivity contribution is 5.97. The van der Waals surface area contributed by atoms with Crippen LogP contribution in [0.25, 0.3) is 0 Å². The first-order chi connectivity index (χ1) is 14.9. The number of rotatable bonds is 8. The van der Waals surface area contributed by atoms with Gasteiger partial charge in [0.05, 0.1) is 12.5 Å². The van der Waals surface area contributed by atoms with Crippen LogP contribution in [0.5, 0.6) is 5.75 Å². The molecular weight excluding hydrogens is 398 g/mol. The van der Waals surface area contributed by atoms with E-state index in [9.17, 15) is 14.4 Å². The number of hydrogen-bond acceptors (Lipinski definition) is 5. The Morgan fingerprint density at radius 3 is 2.48 bits per heavy atom. The summed E-state index contributed by atoms with van der Waals surface area (Å²) in [6.07, 6.45) is 1.11. The molecule has 0 heterocycles. The van der Waals surface area contributed by atoms with E-state index in [1.807, 2.05) is 36.4 Å². The number of benzene rings is 2. The van der Waals surface area contributed by atoms with Gasteiger partial charge in [-0.15, -0.1) is 0 Å². The van der Waals surface area contributed by atoms with E-state index in [-0.39, 0.29) is 18.7 Å². The number of hydroxylamine groups is 1. The van der Waals surface area contributed by atoms with Gasteiger partial charge in [0.1, 0.15) is 11.8 Å². The lowest BCUT2D eigenvalue weighted by Gasteiger charge is -2.30. The molecule has 8 heteroatoms. The average Bonchev–Trinajstić information content (AvgIpc) is 3.18. The van der Waals surface area contributed by atoms with Crippen molar-refractivity contribution in [2.75, 3.05) is 14.2 Å². The summed E-state index contributed by atoms with van der Waals surface area (Å²) in [6, 6.07) is 13.9. The zero-order valence-electron chi connectivity index (χ0n) is 17.6. The number of likely N-dealkylation sites (N-methyl/N-ethyl adjacent to an activating group) is 1. The van der Waals surface area contributed by atoms with Gasteiger partial charge < -0.3 is 15.4 Å². The van der Waals surface area contributed by atoms with Crippen molar-refractivity contribution in [2.45, 2.75) is 37.1 Å². The Morgan fingerprint density at radius 1 is 1.13 bits per heavy atom. The number of amides is 3. The molecule has 164 valence electrons. The molecule has 3 rings (SSSR count). The zero-order chi connectivity index (χ0) is 22.4. The number of nitrogens with one attached hydrogen (secondary N) is 3. The Balaban J connectivity index is 1.88. The third-order valence-electron chi connectivity index (χ3n) is 5.84. The van der Waals surface area contributed by atoms with Crippen molar-refractivity contribution in [1.29, 1.82) is 0 Å². The molecule has 0 saturated heterocycles. The summed E-state index contributed by atoms with van der Waals surface area (Å²) in [5.74, 6) is -0.709. The van der Waals surface area contributed by atoms with Crippen LogP contribution in [0.3, 0.4) is 0 Å². The van der Waals surface area contributed by atoms with Crippen LogP contribution in [0, 0.1) is 0 Å². The Morgan fingerprint density at radius 2 is 1.84 bits per heavy atom. The van der Waals surface area contributed by atoms with Gasteiger partial charge in [-0.25, -0.2) is 5.48 Å². The predicted octanol–water partition coefficient (Wildman–Crippen LogP) is 1.25. The highest BCUT2D eigenvalue weighted by Crippen LogP contribution is 2.42. The van der Waals surface area contributed by atoms with Gasteiger partial charge in [0, 0.05) is 19.9 Å². The number of aryl methyl sites for hydroxylation is 1. The number of ether oxygens (including phenoxy) is 1. The van der Waals surface area contributed by atoms with Gasteiger partial charge in [-0.1, -0.05) is 36.4 Å². The van der Waals surface area contributed by atoms with E-state index in [0.717, 1.165) is 16.7 Å². The monoisotopic (exact) mass is 425 g/mol. The first-order valence-corrected chi connectivity index (χ1v) is 10.1. The molecule has 0 aromatic heterocycles. The first-order valence-electron chi connectivity index (χ1n) is 10.1. The fourth-order valence-corrected chi connectivity index (χ4v) is 4.18. The summed E-state index contributed by atoms with van der Waals surface area (Å²) >= 11 is 0. The quantitative estimate of drug-likeness (QED) is 0.375. The molecule has 0 aliphatic heterocycles. The maximum atomic E-state index is 13.5. The number of fused-ring (bicyclic) bond motifs is 1. The minimum atomic E-state index is -1.16. The van der Waals surface area contributed by atoms with Crippen molar-refractivity contribution in [3.05, 3.63) is 65.2 Å². The molecule has 2 aromatic rings. The molecule has 0 radical (unpaired) electrons. The number of carbonyl (C=O) groups is 3. The fourth-order valence-electron chi connectivity index (χ4n) is 4.18. The largest absolute Gasteiger partial charge is 0.497 e. The van der Waals surface area contributed by atoms with Crippen LogP contribution in [0.4, 0.5) is 0 Å². The molecule has 0 unspecified atom stereocenters. The molecule has 31 heavy (non-hydrogen) atoms. The molecule has 0 spiro atoms. The van der Waals surface area contributed by atoms with E-state index >= 15 is 0 Å². The van der Waals surface area contributed by atoms with Crippen LogP contribution < -0.4 is 20.9 Å². The van der Waals surface area contributed by atoms with E-state index < -0.39 is 23.3 Å². The van der Waals surface area contributed by atoms with Crippen molar-refractivity contribution >= 4 is 17.7 Å². The summed E-state index contributed by atoms with van der Waals surface area (Å²) < 4.78 is 5.16. The second-order valence-electron chi connectivity index (χ2n) is 7.64. The molecule has 8 nitrogen and oxygen atoms in total. The van der Waals surface area contributed by atoms with Gasteiger partial charge in [0.2, 0.25) is 17.7 Å². The first kappa shape index (κ1) is 22.3. The molecule has 2 aromatic carbocycles. The summed E-state index contributed by atoms with van der Waals surface area (Å²) in [5.41, 5.74) is 3.05. The zero-order valence-corrected chi connectivity index (χ0v) is 17.6. The fraction of sp³-hybridized carbons (Fsp3) is 0.348. The Kier molecular flexibility index (Phi) is 6.91. The minimum absolute atomic E-state index is 0.213. The Hall–Kier alpha value is -3.39. The number of carbonyl (C=O) groups excluding carboxylic acids is 3. The van der Waals surface area contributed by atoms with Crippen molar-refractivity contribution in [3.8, 4) is 5.75 Å². The minimum Gasteiger partial charge on any atom is -0.497 e. The molecule has 0 saturated carbocycles.